The molecule has 0 fully saturated rings. The van der Waals surface area contributed by atoms with Gasteiger partial charge in [-0.1, -0.05) is 22.0 Å². The van der Waals surface area contributed by atoms with E-state index in [4.69, 9.17) is 18.9 Å². The van der Waals surface area contributed by atoms with Gasteiger partial charge in [0, 0.05) is 6.92 Å². The lowest BCUT2D eigenvalue weighted by Crippen LogP contribution is -2.27. The number of esters is 2. The fraction of sp³-hybridized carbons (Fsp3) is 0.429. The third-order valence-electron chi connectivity index (χ3n) is 2.80. The molecule has 0 radical (unpaired) electrons. The lowest BCUT2D eigenvalue weighted by molar-refractivity contribution is -0.152. The van der Waals surface area contributed by atoms with Crippen LogP contribution < -0.4 is 9.47 Å². The predicted octanol–water partition coefficient (Wildman–Crippen LogP) is 2.35. The molecule has 0 unspecified atom stereocenters. The van der Waals surface area contributed by atoms with Gasteiger partial charge in [-0.05, 0) is 24.6 Å². The Morgan fingerprint density at radius 3 is 2.71 bits per heavy atom. The summed E-state index contributed by atoms with van der Waals surface area (Å²) in [6.07, 6.45) is -0.809. The molecular weight excluding hydrogens is 344 g/mol. The van der Waals surface area contributed by atoms with Gasteiger partial charge in [0.1, 0.15) is 0 Å². The van der Waals surface area contributed by atoms with Crippen molar-refractivity contribution in [3.05, 3.63) is 23.8 Å². The molecule has 1 aromatic rings. The maximum atomic E-state index is 11.9. The first-order chi connectivity index (χ1) is 10.0. The highest BCUT2D eigenvalue weighted by atomic mass is 79.9. The molecule has 0 saturated heterocycles. The van der Waals surface area contributed by atoms with Crippen molar-refractivity contribution in [1.29, 1.82) is 0 Å². The van der Waals surface area contributed by atoms with Gasteiger partial charge in [0.15, 0.2) is 22.4 Å². The average molecular weight is 359 g/mol. The zero-order chi connectivity index (χ0) is 15.4. The molecule has 1 heterocycles. The Bertz CT molecular complexity index is 544. The topological polar surface area (TPSA) is 71.1 Å². The van der Waals surface area contributed by atoms with Crippen LogP contribution in [-0.2, 0) is 19.1 Å². The Balaban J connectivity index is 2.27. The van der Waals surface area contributed by atoms with Gasteiger partial charge in [-0.15, -0.1) is 0 Å². The van der Waals surface area contributed by atoms with Gasteiger partial charge in [-0.3, -0.25) is 9.59 Å². The smallest absolute Gasteiger partial charge is 0.323 e. The zero-order valence-electron chi connectivity index (χ0n) is 11.6. The fourth-order valence-corrected chi connectivity index (χ4v) is 2.46. The molecule has 1 aromatic carbocycles. The average Bonchev–Trinajstić information content (AvgIpc) is 2.91. The third-order valence-corrected chi connectivity index (χ3v) is 3.65. The summed E-state index contributed by atoms with van der Waals surface area (Å²) in [6.45, 7) is 3.38. The molecule has 7 heteroatoms. The number of ether oxygens (including phenoxy) is 4. The molecule has 0 aliphatic carbocycles. The number of carbonyl (C=O) groups excluding carboxylic acids is 2. The molecule has 0 spiro atoms. The van der Waals surface area contributed by atoms with E-state index < -0.39 is 22.9 Å². The molecule has 0 saturated carbocycles. The van der Waals surface area contributed by atoms with Crippen molar-refractivity contribution >= 4 is 27.9 Å². The Morgan fingerprint density at radius 2 is 2.05 bits per heavy atom. The maximum absolute atomic E-state index is 11.9. The SMILES string of the molecule is CCOC(=O)[C@@H](Br)[C@H](OC(C)=O)c1ccc2c(c1)OCO2. The van der Waals surface area contributed by atoms with E-state index in [-0.39, 0.29) is 13.4 Å². The second-order valence-corrected chi connectivity index (χ2v) is 5.28. The van der Waals surface area contributed by atoms with Gasteiger partial charge in [-0.25, -0.2) is 0 Å². The van der Waals surface area contributed by atoms with Crippen LogP contribution in [-0.4, -0.2) is 30.2 Å². The fourth-order valence-electron chi connectivity index (χ4n) is 1.91. The van der Waals surface area contributed by atoms with E-state index in [1.165, 1.54) is 6.92 Å². The van der Waals surface area contributed by atoms with E-state index in [0.29, 0.717) is 17.1 Å². The van der Waals surface area contributed by atoms with Gasteiger partial charge in [0.2, 0.25) is 6.79 Å². The molecule has 0 amide bonds. The number of hydrogen-bond donors (Lipinski definition) is 0. The normalized spacial score (nSPS) is 15.2. The van der Waals surface area contributed by atoms with E-state index in [2.05, 4.69) is 15.9 Å². The van der Waals surface area contributed by atoms with Crippen LogP contribution in [0.15, 0.2) is 18.2 Å². The number of hydrogen-bond acceptors (Lipinski definition) is 6. The second-order valence-electron chi connectivity index (χ2n) is 4.30. The maximum Gasteiger partial charge on any atom is 0.323 e. The van der Waals surface area contributed by atoms with Crippen molar-refractivity contribution in [2.24, 2.45) is 0 Å². The molecule has 21 heavy (non-hydrogen) atoms. The van der Waals surface area contributed by atoms with Crippen LogP contribution >= 0.6 is 15.9 Å². The molecule has 0 aromatic heterocycles. The van der Waals surface area contributed by atoms with E-state index in [0.717, 1.165) is 0 Å². The summed E-state index contributed by atoms with van der Waals surface area (Å²) in [7, 11) is 0. The van der Waals surface area contributed by atoms with E-state index in [1.54, 1.807) is 25.1 Å². The molecule has 0 N–H and O–H groups in total. The lowest BCUT2D eigenvalue weighted by atomic mass is 10.1. The monoisotopic (exact) mass is 358 g/mol. The summed E-state index contributed by atoms with van der Waals surface area (Å²) in [5.74, 6) is 0.170. The van der Waals surface area contributed by atoms with Crippen molar-refractivity contribution in [3.8, 4) is 11.5 Å². The van der Waals surface area contributed by atoms with Gasteiger partial charge in [0.05, 0.1) is 6.61 Å². The van der Waals surface area contributed by atoms with Gasteiger partial charge in [-0.2, -0.15) is 0 Å². The van der Waals surface area contributed by atoms with Crippen molar-refractivity contribution in [1.82, 2.24) is 0 Å². The van der Waals surface area contributed by atoms with Gasteiger partial charge < -0.3 is 18.9 Å². The van der Waals surface area contributed by atoms with Crippen LogP contribution in [0, 0.1) is 0 Å². The summed E-state index contributed by atoms with van der Waals surface area (Å²) in [5.41, 5.74) is 0.615. The van der Waals surface area contributed by atoms with Crippen molar-refractivity contribution in [3.63, 3.8) is 0 Å². The van der Waals surface area contributed by atoms with Crippen LogP contribution in [0.25, 0.3) is 0 Å². The Labute approximate surface area is 130 Å². The number of benzene rings is 1. The Kier molecular flexibility index (Phi) is 5.06. The Morgan fingerprint density at radius 1 is 1.33 bits per heavy atom. The van der Waals surface area contributed by atoms with E-state index in [9.17, 15) is 9.59 Å². The van der Waals surface area contributed by atoms with Crippen molar-refractivity contribution < 1.29 is 28.5 Å². The van der Waals surface area contributed by atoms with Crippen LogP contribution in [0.4, 0.5) is 0 Å². The Hall–Kier alpha value is -1.76. The summed E-state index contributed by atoms with van der Waals surface area (Å²) in [5, 5.41) is 0. The number of halogens is 1. The largest absolute Gasteiger partial charge is 0.465 e. The molecule has 1 aliphatic rings. The number of fused-ring (bicyclic) bond motifs is 1. The number of alkyl halides is 1. The highest BCUT2D eigenvalue weighted by Crippen LogP contribution is 2.37. The van der Waals surface area contributed by atoms with Crippen LogP contribution in [0.5, 0.6) is 11.5 Å². The molecule has 2 rings (SSSR count). The highest BCUT2D eigenvalue weighted by Gasteiger charge is 2.32. The minimum atomic E-state index is -0.809. The van der Waals surface area contributed by atoms with Crippen LogP contribution in [0.3, 0.4) is 0 Å². The summed E-state index contributed by atoms with van der Waals surface area (Å²) in [4.78, 5) is 22.3. The standard InChI is InChI=1S/C14H15BrO6/c1-3-18-14(17)12(15)13(21-8(2)16)9-4-5-10-11(6-9)20-7-19-10/h4-6,12-13H,3,7H2,1-2H3/t12-,13+/m0/s1. The van der Waals surface area contributed by atoms with Gasteiger partial charge in [0.25, 0.3) is 0 Å². The highest BCUT2D eigenvalue weighted by molar-refractivity contribution is 9.10. The van der Waals surface area contributed by atoms with E-state index in [1.807, 2.05) is 0 Å². The summed E-state index contributed by atoms with van der Waals surface area (Å²) < 4.78 is 20.7. The molecule has 0 bridgehead atoms. The van der Waals surface area contributed by atoms with Crippen molar-refractivity contribution in [2.45, 2.75) is 24.8 Å². The quantitative estimate of drug-likeness (QED) is 0.594. The minimum Gasteiger partial charge on any atom is -0.465 e. The number of rotatable bonds is 5. The molecule has 1 aliphatic heterocycles. The van der Waals surface area contributed by atoms with E-state index >= 15 is 0 Å². The molecule has 6 nitrogen and oxygen atoms in total. The third kappa shape index (κ3) is 3.66. The van der Waals surface area contributed by atoms with Gasteiger partial charge >= 0.3 is 11.9 Å². The first-order valence-electron chi connectivity index (χ1n) is 6.40. The molecular formula is C14H15BrO6. The summed E-state index contributed by atoms with van der Waals surface area (Å²) >= 11 is 3.23. The van der Waals surface area contributed by atoms with Crippen molar-refractivity contribution in [2.75, 3.05) is 13.4 Å². The lowest BCUT2D eigenvalue weighted by Gasteiger charge is -2.21. The zero-order valence-corrected chi connectivity index (χ0v) is 13.2. The summed E-state index contributed by atoms with van der Waals surface area (Å²) in [6, 6.07) is 5.11. The minimum absolute atomic E-state index is 0.145. The number of carbonyl (C=O) groups is 2. The predicted molar refractivity (Wildman–Crippen MR) is 76.4 cm³/mol. The van der Waals surface area contributed by atoms with Crippen LogP contribution in [0.2, 0.25) is 0 Å². The van der Waals surface area contributed by atoms with Crippen LogP contribution in [0.1, 0.15) is 25.5 Å². The first-order valence-corrected chi connectivity index (χ1v) is 7.32. The molecule has 2 atom stereocenters. The first kappa shape index (κ1) is 15.6. The molecule has 114 valence electrons. The second kappa shape index (κ2) is 6.80.